The molecule has 0 spiro atoms. The fraction of sp³-hybridized carbons (Fsp3) is 0.550. The minimum atomic E-state index is -3.83. The summed E-state index contributed by atoms with van der Waals surface area (Å²) in [4.78, 5) is 16.6. The smallest absolute Gasteiger partial charge is 0.244 e. The van der Waals surface area contributed by atoms with Gasteiger partial charge in [0.1, 0.15) is 4.90 Å². The molecule has 1 atom stereocenters. The number of hydrogen-bond donors (Lipinski definition) is 1. The highest BCUT2D eigenvalue weighted by molar-refractivity contribution is 7.89. The molecule has 11 heteroatoms. The molecule has 2 saturated heterocycles. The van der Waals surface area contributed by atoms with Gasteiger partial charge in [0, 0.05) is 44.6 Å². The van der Waals surface area contributed by atoms with E-state index in [1.54, 1.807) is 13.0 Å². The van der Waals surface area contributed by atoms with Crippen LogP contribution in [0, 0.1) is 12.8 Å². The number of ether oxygens (including phenoxy) is 1. The number of sulfonamides is 1. The molecule has 4 rings (SSSR count). The number of carbonyl (C=O) groups is 1. The lowest BCUT2D eigenvalue weighted by Crippen LogP contribution is -2.44. The van der Waals surface area contributed by atoms with E-state index < -0.39 is 10.0 Å². The Hall–Kier alpha value is -2.01. The maximum Gasteiger partial charge on any atom is 0.244 e. The maximum absolute atomic E-state index is 13.2. The van der Waals surface area contributed by atoms with Crippen LogP contribution in [-0.2, 0) is 19.6 Å². The van der Waals surface area contributed by atoms with E-state index in [4.69, 9.17) is 20.9 Å². The molecule has 2 aliphatic rings. The Bertz CT molecular complexity index is 1040. The summed E-state index contributed by atoms with van der Waals surface area (Å²) in [6.07, 6.45) is 2.98. The van der Waals surface area contributed by atoms with E-state index in [0.29, 0.717) is 36.7 Å². The van der Waals surface area contributed by atoms with E-state index in [0.717, 1.165) is 19.4 Å². The first-order valence-electron chi connectivity index (χ1n) is 10.3. The van der Waals surface area contributed by atoms with Crippen LogP contribution in [0.25, 0.3) is 11.4 Å². The third-order valence-electron chi connectivity index (χ3n) is 5.69. The van der Waals surface area contributed by atoms with Gasteiger partial charge >= 0.3 is 0 Å². The summed E-state index contributed by atoms with van der Waals surface area (Å²) < 4.78 is 38.3. The standard InChI is InChI=1S/C20H25ClN4O5S/c1-13-23-19(24-30-13)15-4-5-17(21)18(11-15)31(27,28)25-8-6-14(7-9-25)20(26)22-12-16-3-2-10-29-16/h4-5,11,14,16H,2-3,6-10,12H2,1H3,(H,22,26)/t16-/m1/s1. The van der Waals surface area contributed by atoms with Crippen LogP contribution in [0.1, 0.15) is 31.6 Å². The fourth-order valence-electron chi connectivity index (χ4n) is 3.92. The van der Waals surface area contributed by atoms with Crippen molar-refractivity contribution >= 4 is 27.5 Å². The highest BCUT2D eigenvalue weighted by Gasteiger charge is 2.33. The van der Waals surface area contributed by atoms with E-state index in [1.165, 1.54) is 16.4 Å². The molecule has 0 saturated carbocycles. The number of aromatic nitrogens is 2. The van der Waals surface area contributed by atoms with Crippen molar-refractivity contribution in [3.05, 3.63) is 29.1 Å². The molecule has 0 unspecified atom stereocenters. The normalized spacial score (nSPS) is 20.8. The van der Waals surface area contributed by atoms with Crippen molar-refractivity contribution in [1.82, 2.24) is 19.8 Å². The van der Waals surface area contributed by atoms with Gasteiger partial charge in [-0.1, -0.05) is 16.8 Å². The Morgan fingerprint density at radius 3 is 2.71 bits per heavy atom. The van der Waals surface area contributed by atoms with Crippen LogP contribution in [0.5, 0.6) is 0 Å². The van der Waals surface area contributed by atoms with Crippen molar-refractivity contribution in [3.8, 4) is 11.4 Å². The summed E-state index contributed by atoms with van der Waals surface area (Å²) in [7, 11) is -3.83. The van der Waals surface area contributed by atoms with Crippen molar-refractivity contribution in [2.75, 3.05) is 26.2 Å². The molecule has 0 bridgehead atoms. The molecule has 3 heterocycles. The largest absolute Gasteiger partial charge is 0.376 e. The summed E-state index contributed by atoms with van der Waals surface area (Å²) in [5, 5.41) is 6.90. The number of rotatable bonds is 6. The van der Waals surface area contributed by atoms with Gasteiger partial charge in [0.2, 0.25) is 27.6 Å². The van der Waals surface area contributed by atoms with Crippen LogP contribution in [0.3, 0.4) is 0 Å². The Balaban J connectivity index is 1.41. The Morgan fingerprint density at radius 2 is 2.06 bits per heavy atom. The average Bonchev–Trinajstić information content (AvgIpc) is 3.44. The molecule has 1 amide bonds. The van der Waals surface area contributed by atoms with Gasteiger partial charge in [-0.25, -0.2) is 8.42 Å². The van der Waals surface area contributed by atoms with Gasteiger partial charge in [-0.2, -0.15) is 9.29 Å². The second kappa shape index (κ2) is 9.23. The fourth-order valence-corrected chi connectivity index (χ4v) is 5.89. The van der Waals surface area contributed by atoms with E-state index in [1.807, 2.05) is 0 Å². The van der Waals surface area contributed by atoms with Crippen molar-refractivity contribution < 1.29 is 22.5 Å². The summed E-state index contributed by atoms with van der Waals surface area (Å²) >= 11 is 6.23. The van der Waals surface area contributed by atoms with E-state index in [2.05, 4.69) is 15.5 Å². The molecule has 2 aromatic rings. The second-order valence-corrected chi connectivity index (χ2v) is 10.2. The molecule has 1 aromatic heterocycles. The number of halogens is 1. The summed E-state index contributed by atoms with van der Waals surface area (Å²) in [5.41, 5.74) is 0.503. The van der Waals surface area contributed by atoms with E-state index in [9.17, 15) is 13.2 Å². The topological polar surface area (TPSA) is 115 Å². The first kappa shape index (κ1) is 22.2. The number of benzene rings is 1. The number of amides is 1. The molecule has 168 valence electrons. The molecule has 0 radical (unpaired) electrons. The zero-order valence-electron chi connectivity index (χ0n) is 17.2. The van der Waals surface area contributed by atoms with Gasteiger partial charge in [-0.15, -0.1) is 0 Å². The van der Waals surface area contributed by atoms with Crippen LogP contribution in [0.4, 0.5) is 0 Å². The third-order valence-corrected chi connectivity index (χ3v) is 8.07. The van der Waals surface area contributed by atoms with Gasteiger partial charge in [0.05, 0.1) is 11.1 Å². The van der Waals surface area contributed by atoms with Crippen molar-refractivity contribution in [2.24, 2.45) is 5.92 Å². The Morgan fingerprint density at radius 1 is 1.29 bits per heavy atom. The number of hydrogen-bond acceptors (Lipinski definition) is 7. The molecule has 1 aromatic carbocycles. The molecule has 2 fully saturated rings. The van der Waals surface area contributed by atoms with Crippen LogP contribution >= 0.6 is 11.6 Å². The van der Waals surface area contributed by atoms with Crippen molar-refractivity contribution in [2.45, 2.75) is 43.6 Å². The number of carbonyl (C=O) groups excluding carboxylic acids is 1. The zero-order chi connectivity index (χ0) is 22.0. The Labute approximate surface area is 186 Å². The number of piperidine rings is 1. The summed E-state index contributed by atoms with van der Waals surface area (Å²) in [6.45, 7) is 3.41. The van der Waals surface area contributed by atoms with Gasteiger partial charge in [0.25, 0.3) is 0 Å². The number of aryl methyl sites for hydroxylation is 1. The lowest BCUT2D eigenvalue weighted by Gasteiger charge is -2.31. The van der Waals surface area contributed by atoms with Crippen LogP contribution in [-0.4, -0.2) is 61.1 Å². The van der Waals surface area contributed by atoms with Gasteiger partial charge in [-0.3, -0.25) is 4.79 Å². The zero-order valence-corrected chi connectivity index (χ0v) is 18.8. The van der Waals surface area contributed by atoms with Gasteiger partial charge in [0.15, 0.2) is 0 Å². The highest BCUT2D eigenvalue weighted by Crippen LogP contribution is 2.31. The van der Waals surface area contributed by atoms with E-state index in [-0.39, 0.29) is 40.9 Å². The number of nitrogens with zero attached hydrogens (tertiary/aromatic N) is 3. The monoisotopic (exact) mass is 468 g/mol. The summed E-state index contributed by atoms with van der Waals surface area (Å²) in [5.74, 6) is 0.429. The lowest BCUT2D eigenvalue weighted by atomic mass is 9.97. The lowest BCUT2D eigenvalue weighted by molar-refractivity contribution is -0.126. The number of nitrogens with one attached hydrogen (secondary N) is 1. The molecule has 1 N–H and O–H groups in total. The second-order valence-electron chi connectivity index (χ2n) is 7.84. The van der Waals surface area contributed by atoms with Crippen molar-refractivity contribution in [1.29, 1.82) is 0 Å². The quantitative estimate of drug-likeness (QED) is 0.692. The first-order chi connectivity index (χ1) is 14.8. The minimum Gasteiger partial charge on any atom is -0.376 e. The highest BCUT2D eigenvalue weighted by atomic mass is 35.5. The molecule has 2 aliphatic heterocycles. The predicted molar refractivity (Wildman–Crippen MR) is 113 cm³/mol. The molecular formula is C20H25ClN4O5S. The molecule has 9 nitrogen and oxygen atoms in total. The minimum absolute atomic E-state index is 0.00426. The van der Waals surface area contributed by atoms with Gasteiger partial charge in [-0.05, 0) is 43.9 Å². The summed E-state index contributed by atoms with van der Waals surface area (Å²) in [6, 6.07) is 4.62. The van der Waals surface area contributed by atoms with Crippen molar-refractivity contribution in [3.63, 3.8) is 0 Å². The average molecular weight is 469 g/mol. The van der Waals surface area contributed by atoms with E-state index >= 15 is 0 Å². The Kier molecular flexibility index (Phi) is 6.61. The molecule has 0 aliphatic carbocycles. The molecular weight excluding hydrogens is 444 g/mol. The maximum atomic E-state index is 13.2. The third kappa shape index (κ3) is 4.92. The van der Waals surface area contributed by atoms with Crippen LogP contribution in [0.15, 0.2) is 27.6 Å². The molecule has 31 heavy (non-hydrogen) atoms. The predicted octanol–water partition coefficient (Wildman–Crippen LogP) is 2.39. The first-order valence-corrected chi connectivity index (χ1v) is 12.2. The van der Waals surface area contributed by atoms with Crippen LogP contribution in [0.2, 0.25) is 5.02 Å². The van der Waals surface area contributed by atoms with Gasteiger partial charge < -0.3 is 14.6 Å². The SMILES string of the molecule is Cc1nc(-c2ccc(Cl)c(S(=O)(=O)N3CCC(C(=O)NC[C@H]4CCCO4)CC3)c2)no1. The van der Waals surface area contributed by atoms with Crippen LogP contribution < -0.4 is 5.32 Å².